The molecule has 4 nitrogen and oxygen atoms in total. The molecule has 0 aromatic carbocycles. The van der Waals surface area contributed by atoms with Gasteiger partial charge in [0.2, 0.25) is 5.91 Å². The van der Waals surface area contributed by atoms with Crippen LogP contribution in [0.2, 0.25) is 0 Å². The normalized spacial score (nSPS) is 16.9. The average Bonchev–Trinajstić information content (AvgIpc) is 2.88. The number of piperidine rings is 1. The van der Waals surface area contributed by atoms with Crippen molar-refractivity contribution in [2.75, 3.05) is 19.7 Å². The fourth-order valence-electron chi connectivity index (χ4n) is 1.80. The van der Waals surface area contributed by atoms with Crippen molar-refractivity contribution in [3.8, 4) is 0 Å². The minimum absolute atomic E-state index is 0.0327. The van der Waals surface area contributed by atoms with Crippen molar-refractivity contribution in [2.45, 2.75) is 25.5 Å². The SMILES string of the molecule is O=C(COC1CCNCC1)NCc1ccsc1. The van der Waals surface area contributed by atoms with E-state index >= 15 is 0 Å². The van der Waals surface area contributed by atoms with E-state index in [0.717, 1.165) is 31.5 Å². The quantitative estimate of drug-likeness (QED) is 0.828. The van der Waals surface area contributed by atoms with Gasteiger partial charge in [-0.15, -0.1) is 0 Å². The zero-order valence-electron chi connectivity index (χ0n) is 9.78. The fraction of sp³-hybridized carbons (Fsp3) is 0.583. The largest absolute Gasteiger partial charge is 0.368 e. The molecule has 0 saturated carbocycles. The maximum absolute atomic E-state index is 11.5. The summed E-state index contributed by atoms with van der Waals surface area (Å²) in [7, 11) is 0. The van der Waals surface area contributed by atoms with Crippen molar-refractivity contribution in [1.29, 1.82) is 0 Å². The second kappa shape index (κ2) is 6.74. The standard InChI is InChI=1S/C12H18N2O2S/c15-12(14-7-10-3-6-17-9-10)8-16-11-1-4-13-5-2-11/h3,6,9,11,13H,1-2,4-5,7-8H2,(H,14,15). The molecular formula is C12H18N2O2S. The number of ether oxygens (including phenoxy) is 1. The number of amides is 1. The summed E-state index contributed by atoms with van der Waals surface area (Å²) in [6.45, 7) is 2.75. The number of carbonyl (C=O) groups excluding carboxylic acids is 1. The highest BCUT2D eigenvalue weighted by Crippen LogP contribution is 2.07. The molecule has 5 heteroatoms. The molecule has 0 bridgehead atoms. The van der Waals surface area contributed by atoms with Crippen LogP contribution in [0.25, 0.3) is 0 Å². The maximum Gasteiger partial charge on any atom is 0.246 e. The number of nitrogens with one attached hydrogen (secondary N) is 2. The van der Waals surface area contributed by atoms with Crippen LogP contribution in [0.3, 0.4) is 0 Å². The van der Waals surface area contributed by atoms with Gasteiger partial charge in [0.15, 0.2) is 0 Å². The molecule has 0 unspecified atom stereocenters. The minimum Gasteiger partial charge on any atom is -0.368 e. The van der Waals surface area contributed by atoms with Crippen LogP contribution in [-0.4, -0.2) is 31.7 Å². The Hall–Kier alpha value is -0.910. The van der Waals surface area contributed by atoms with Gasteiger partial charge in [-0.2, -0.15) is 11.3 Å². The summed E-state index contributed by atoms with van der Waals surface area (Å²) >= 11 is 1.64. The maximum atomic E-state index is 11.5. The van der Waals surface area contributed by atoms with E-state index in [-0.39, 0.29) is 18.6 Å². The van der Waals surface area contributed by atoms with E-state index in [1.54, 1.807) is 11.3 Å². The molecule has 0 radical (unpaired) electrons. The van der Waals surface area contributed by atoms with Crippen molar-refractivity contribution < 1.29 is 9.53 Å². The van der Waals surface area contributed by atoms with Crippen LogP contribution in [0.5, 0.6) is 0 Å². The summed E-state index contributed by atoms with van der Waals surface area (Å²) in [5.41, 5.74) is 1.14. The first-order valence-electron chi connectivity index (χ1n) is 5.94. The van der Waals surface area contributed by atoms with E-state index < -0.39 is 0 Å². The van der Waals surface area contributed by atoms with Crippen LogP contribution in [0.1, 0.15) is 18.4 Å². The first-order chi connectivity index (χ1) is 8.34. The molecule has 17 heavy (non-hydrogen) atoms. The molecule has 1 saturated heterocycles. The predicted octanol–water partition coefficient (Wildman–Crippen LogP) is 1.13. The lowest BCUT2D eigenvalue weighted by Crippen LogP contribution is -2.35. The van der Waals surface area contributed by atoms with Crippen molar-refractivity contribution in [3.05, 3.63) is 22.4 Å². The number of carbonyl (C=O) groups is 1. The van der Waals surface area contributed by atoms with Gasteiger partial charge in [-0.25, -0.2) is 0 Å². The van der Waals surface area contributed by atoms with Gasteiger partial charge < -0.3 is 15.4 Å². The monoisotopic (exact) mass is 254 g/mol. The molecular weight excluding hydrogens is 236 g/mol. The van der Waals surface area contributed by atoms with E-state index in [2.05, 4.69) is 10.6 Å². The number of hydrogen-bond donors (Lipinski definition) is 2. The summed E-state index contributed by atoms with van der Waals surface area (Å²) < 4.78 is 5.57. The van der Waals surface area contributed by atoms with E-state index in [1.165, 1.54) is 0 Å². The average molecular weight is 254 g/mol. The van der Waals surface area contributed by atoms with Crippen molar-refractivity contribution in [2.24, 2.45) is 0 Å². The lowest BCUT2D eigenvalue weighted by Gasteiger charge is -2.22. The van der Waals surface area contributed by atoms with Gasteiger partial charge in [0.1, 0.15) is 6.61 Å². The van der Waals surface area contributed by atoms with Gasteiger partial charge in [0, 0.05) is 6.54 Å². The van der Waals surface area contributed by atoms with Gasteiger partial charge in [-0.3, -0.25) is 4.79 Å². The molecule has 2 rings (SSSR count). The molecule has 2 N–H and O–H groups in total. The van der Waals surface area contributed by atoms with Gasteiger partial charge in [-0.1, -0.05) is 0 Å². The number of thiophene rings is 1. The molecule has 1 aliphatic rings. The van der Waals surface area contributed by atoms with Crippen molar-refractivity contribution in [3.63, 3.8) is 0 Å². The molecule has 1 fully saturated rings. The second-order valence-corrected chi connectivity index (χ2v) is 4.95. The van der Waals surface area contributed by atoms with Crippen molar-refractivity contribution in [1.82, 2.24) is 10.6 Å². The minimum atomic E-state index is -0.0327. The van der Waals surface area contributed by atoms with Crippen LogP contribution in [0.15, 0.2) is 16.8 Å². The molecule has 2 heterocycles. The molecule has 0 atom stereocenters. The Morgan fingerprint density at radius 1 is 1.53 bits per heavy atom. The van der Waals surface area contributed by atoms with Crippen molar-refractivity contribution >= 4 is 17.2 Å². The van der Waals surface area contributed by atoms with Gasteiger partial charge in [0.05, 0.1) is 6.10 Å². The number of hydrogen-bond acceptors (Lipinski definition) is 4. The third-order valence-corrected chi connectivity index (χ3v) is 3.54. The van der Waals surface area contributed by atoms with Gasteiger partial charge >= 0.3 is 0 Å². The number of rotatable bonds is 5. The lowest BCUT2D eigenvalue weighted by atomic mass is 10.1. The molecule has 0 spiro atoms. The van der Waals surface area contributed by atoms with Crippen LogP contribution in [0, 0.1) is 0 Å². The molecule has 1 amide bonds. The summed E-state index contributed by atoms with van der Waals surface area (Å²) in [5.74, 6) is -0.0327. The molecule has 1 aromatic rings. The molecule has 94 valence electrons. The Bertz CT molecular complexity index is 334. The zero-order chi connectivity index (χ0) is 11.9. The van der Waals surface area contributed by atoms with Crippen LogP contribution >= 0.6 is 11.3 Å². The topological polar surface area (TPSA) is 50.4 Å². The Kier molecular flexibility index (Phi) is 4.97. The third-order valence-electron chi connectivity index (χ3n) is 2.81. The van der Waals surface area contributed by atoms with Gasteiger partial charge in [-0.05, 0) is 48.3 Å². The molecule has 1 aromatic heterocycles. The molecule has 1 aliphatic heterocycles. The first-order valence-corrected chi connectivity index (χ1v) is 6.89. The van der Waals surface area contributed by atoms with E-state index in [0.29, 0.717) is 6.54 Å². The van der Waals surface area contributed by atoms with Crippen LogP contribution < -0.4 is 10.6 Å². The first kappa shape index (κ1) is 12.5. The highest BCUT2D eigenvalue weighted by atomic mass is 32.1. The summed E-state index contributed by atoms with van der Waals surface area (Å²) in [5, 5.41) is 10.2. The summed E-state index contributed by atoms with van der Waals surface area (Å²) in [6.07, 6.45) is 2.23. The fourth-order valence-corrected chi connectivity index (χ4v) is 2.47. The Labute approximate surface area is 105 Å². The lowest BCUT2D eigenvalue weighted by molar-refractivity contribution is -0.128. The highest BCUT2D eigenvalue weighted by Gasteiger charge is 2.14. The van der Waals surface area contributed by atoms with Crippen LogP contribution in [0.4, 0.5) is 0 Å². The molecule has 0 aliphatic carbocycles. The predicted molar refractivity (Wildman–Crippen MR) is 68.0 cm³/mol. The second-order valence-electron chi connectivity index (χ2n) is 4.17. The summed E-state index contributed by atoms with van der Waals surface area (Å²) in [6, 6.07) is 2.01. The van der Waals surface area contributed by atoms with E-state index in [1.807, 2.05) is 16.8 Å². The Morgan fingerprint density at radius 2 is 2.35 bits per heavy atom. The summed E-state index contributed by atoms with van der Waals surface area (Å²) in [4.78, 5) is 11.5. The zero-order valence-corrected chi connectivity index (χ0v) is 10.6. The smallest absolute Gasteiger partial charge is 0.246 e. The van der Waals surface area contributed by atoms with E-state index in [4.69, 9.17) is 4.74 Å². The van der Waals surface area contributed by atoms with Crippen LogP contribution in [-0.2, 0) is 16.1 Å². The third kappa shape index (κ3) is 4.46. The Balaban J connectivity index is 1.60. The highest BCUT2D eigenvalue weighted by molar-refractivity contribution is 7.07. The Morgan fingerprint density at radius 3 is 3.06 bits per heavy atom. The van der Waals surface area contributed by atoms with Gasteiger partial charge in [0.25, 0.3) is 0 Å². The van der Waals surface area contributed by atoms with E-state index in [9.17, 15) is 4.79 Å².